The third-order valence-electron chi connectivity index (χ3n) is 3.83. The molecule has 0 aromatic heterocycles. The van der Waals surface area contributed by atoms with Crippen molar-refractivity contribution in [3.05, 3.63) is 29.8 Å². The Morgan fingerprint density at radius 1 is 1.29 bits per heavy atom. The quantitative estimate of drug-likeness (QED) is 0.887. The zero-order valence-electron chi connectivity index (χ0n) is 13.8. The molecule has 0 bridgehead atoms. The van der Waals surface area contributed by atoms with Gasteiger partial charge in [-0.1, -0.05) is 6.07 Å². The number of hydrogen-bond acceptors (Lipinski definition) is 5. The summed E-state index contributed by atoms with van der Waals surface area (Å²) in [5.74, 6) is -0.0853. The minimum Gasteiger partial charge on any atom is -0.450 e. The second kappa shape index (κ2) is 8.89. The standard InChI is InChI=1S/C17H22N4O3/c1-2-24-17(23)21-10-8-20(9-11-21)7-6-16(22)19-15-5-3-4-14(12-15)13-18/h3-5,12H,2,6-11H2,1H3,(H,19,22). The van der Waals surface area contributed by atoms with Crippen LogP contribution in [0.2, 0.25) is 0 Å². The van der Waals surface area contributed by atoms with E-state index in [4.69, 9.17) is 10.00 Å². The molecular weight excluding hydrogens is 308 g/mol. The van der Waals surface area contributed by atoms with Crippen LogP contribution in [0.1, 0.15) is 18.9 Å². The van der Waals surface area contributed by atoms with Crippen molar-refractivity contribution in [1.82, 2.24) is 9.80 Å². The molecule has 0 atom stereocenters. The van der Waals surface area contributed by atoms with Crippen molar-refractivity contribution in [2.24, 2.45) is 0 Å². The first-order valence-electron chi connectivity index (χ1n) is 8.06. The molecule has 1 aliphatic heterocycles. The number of piperazine rings is 1. The van der Waals surface area contributed by atoms with Gasteiger partial charge < -0.3 is 15.0 Å². The lowest BCUT2D eigenvalue weighted by atomic mass is 10.2. The molecule has 1 saturated heterocycles. The first-order valence-corrected chi connectivity index (χ1v) is 8.06. The number of nitrogens with one attached hydrogen (secondary N) is 1. The second-order valence-corrected chi connectivity index (χ2v) is 5.52. The summed E-state index contributed by atoms with van der Waals surface area (Å²) in [5.41, 5.74) is 1.15. The number of amides is 2. The van der Waals surface area contributed by atoms with E-state index in [9.17, 15) is 9.59 Å². The highest BCUT2D eigenvalue weighted by Gasteiger charge is 2.21. The first-order chi connectivity index (χ1) is 11.6. The number of anilines is 1. The molecule has 1 fully saturated rings. The van der Waals surface area contributed by atoms with E-state index < -0.39 is 0 Å². The molecule has 1 aliphatic rings. The average Bonchev–Trinajstić information content (AvgIpc) is 2.61. The van der Waals surface area contributed by atoms with Crippen LogP contribution in [-0.2, 0) is 9.53 Å². The molecule has 1 heterocycles. The molecule has 2 rings (SSSR count). The van der Waals surface area contributed by atoms with E-state index in [2.05, 4.69) is 10.2 Å². The van der Waals surface area contributed by atoms with E-state index in [1.165, 1.54) is 0 Å². The molecule has 0 spiro atoms. The van der Waals surface area contributed by atoms with E-state index in [0.29, 0.717) is 43.9 Å². The summed E-state index contributed by atoms with van der Waals surface area (Å²) in [5, 5.41) is 11.7. The van der Waals surface area contributed by atoms with Crippen molar-refractivity contribution in [1.29, 1.82) is 5.26 Å². The molecule has 7 nitrogen and oxygen atoms in total. The SMILES string of the molecule is CCOC(=O)N1CCN(CCC(=O)Nc2cccc(C#N)c2)CC1. The van der Waals surface area contributed by atoms with Gasteiger partial charge in [-0.05, 0) is 25.1 Å². The van der Waals surface area contributed by atoms with Crippen LogP contribution in [0.5, 0.6) is 0 Å². The van der Waals surface area contributed by atoms with Gasteiger partial charge >= 0.3 is 6.09 Å². The maximum atomic E-state index is 12.0. The van der Waals surface area contributed by atoms with E-state index in [-0.39, 0.29) is 12.0 Å². The second-order valence-electron chi connectivity index (χ2n) is 5.52. The maximum absolute atomic E-state index is 12.0. The summed E-state index contributed by atoms with van der Waals surface area (Å²) in [4.78, 5) is 27.5. The Bertz CT molecular complexity index is 619. The molecule has 128 valence electrons. The summed E-state index contributed by atoms with van der Waals surface area (Å²) in [6, 6.07) is 8.89. The average molecular weight is 330 g/mol. The first kappa shape index (κ1) is 17.8. The number of rotatable bonds is 5. The topological polar surface area (TPSA) is 85.7 Å². The fraction of sp³-hybridized carbons (Fsp3) is 0.471. The summed E-state index contributed by atoms with van der Waals surface area (Å²) < 4.78 is 4.98. The van der Waals surface area contributed by atoms with Gasteiger partial charge in [-0.25, -0.2) is 4.79 Å². The zero-order valence-corrected chi connectivity index (χ0v) is 13.8. The van der Waals surface area contributed by atoms with Crippen LogP contribution in [0.4, 0.5) is 10.5 Å². The van der Waals surface area contributed by atoms with Crippen molar-refractivity contribution >= 4 is 17.7 Å². The number of nitriles is 1. The third-order valence-corrected chi connectivity index (χ3v) is 3.83. The largest absolute Gasteiger partial charge is 0.450 e. The van der Waals surface area contributed by atoms with Gasteiger partial charge in [-0.15, -0.1) is 0 Å². The Kier molecular flexibility index (Phi) is 6.58. The van der Waals surface area contributed by atoms with Gasteiger partial charge in [-0.3, -0.25) is 9.69 Å². The molecule has 1 aromatic carbocycles. The molecule has 0 radical (unpaired) electrons. The lowest BCUT2D eigenvalue weighted by molar-refractivity contribution is -0.116. The van der Waals surface area contributed by atoms with Crippen LogP contribution in [0.15, 0.2) is 24.3 Å². The monoisotopic (exact) mass is 330 g/mol. The van der Waals surface area contributed by atoms with E-state index in [1.807, 2.05) is 6.07 Å². The van der Waals surface area contributed by atoms with Crippen molar-refractivity contribution in [3.63, 3.8) is 0 Å². The Hall–Kier alpha value is -2.59. The minimum absolute atomic E-state index is 0.0853. The van der Waals surface area contributed by atoms with Crippen molar-refractivity contribution in [2.75, 3.05) is 44.6 Å². The van der Waals surface area contributed by atoms with E-state index >= 15 is 0 Å². The van der Waals surface area contributed by atoms with Gasteiger partial charge in [0.05, 0.1) is 18.2 Å². The number of ether oxygens (including phenoxy) is 1. The fourth-order valence-corrected chi connectivity index (χ4v) is 2.52. The van der Waals surface area contributed by atoms with Crippen molar-refractivity contribution in [2.45, 2.75) is 13.3 Å². The normalized spacial score (nSPS) is 14.8. The lowest BCUT2D eigenvalue weighted by Crippen LogP contribution is -2.49. The molecule has 2 amide bonds. The number of carbonyl (C=O) groups excluding carboxylic acids is 2. The Morgan fingerprint density at radius 3 is 2.71 bits per heavy atom. The van der Waals surface area contributed by atoms with Crippen molar-refractivity contribution in [3.8, 4) is 6.07 Å². The fourth-order valence-electron chi connectivity index (χ4n) is 2.52. The highest BCUT2D eigenvalue weighted by atomic mass is 16.6. The summed E-state index contributed by atoms with van der Waals surface area (Å²) in [7, 11) is 0. The van der Waals surface area contributed by atoms with Gasteiger partial charge in [0, 0.05) is 44.8 Å². The third kappa shape index (κ3) is 5.25. The van der Waals surface area contributed by atoms with Crippen LogP contribution in [0.25, 0.3) is 0 Å². The lowest BCUT2D eigenvalue weighted by Gasteiger charge is -2.33. The summed E-state index contributed by atoms with van der Waals surface area (Å²) in [6.45, 7) is 5.51. The highest BCUT2D eigenvalue weighted by molar-refractivity contribution is 5.90. The molecular formula is C17H22N4O3. The predicted octanol–water partition coefficient (Wildman–Crippen LogP) is 1.66. The molecule has 1 aromatic rings. The smallest absolute Gasteiger partial charge is 0.409 e. The van der Waals surface area contributed by atoms with Gasteiger partial charge in [0.2, 0.25) is 5.91 Å². The van der Waals surface area contributed by atoms with Crippen LogP contribution in [-0.4, -0.2) is 61.1 Å². The van der Waals surface area contributed by atoms with E-state index in [0.717, 1.165) is 13.1 Å². The van der Waals surface area contributed by atoms with Crippen LogP contribution >= 0.6 is 0 Å². The van der Waals surface area contributed by atoms with Crippen molar-refractivity contribution < 1.29 is 14.3 Å². The summed E-state index contributed by atoms with van der Waals surface area (Å²) >= 11 is 0. The highest BCUT2D eigenvalue weighted by Crippen LogP contribution is 2.10. The Morgan fingerprint density at radius 2 is 2.04 bits per heavy atom. The molecule has 1 N–H and O–H groups in total. The zero-order chi connectivity index (χ0) is 17.4. The van der Waals surface area contributed by atoms with Gasteiger partial charge in [0.1, 0.15) is 0 Å². The van der Waals surface area contributed by atoms with E-state index in [1.54, 1.807) is 36.1 Å². The number of benzene rings is 1. The summed E-state index contributed by atoms with van der Waals surface area (Å²) in [6.07, 6.45) is 0.100. The Labute approximate surface area is 141 Å². The maximum Gasteiger partial charge on any atom is 0.409 e. The molecule has 0 saturated carbocycles. The van der Waals surface area contributed by atoms with Crippen LogP contribution in [0.3, 0.4) is 0 Å². The number of nitrogens with zero attached hydrogens (tertiary/aromatic N) is 3. The number of carbonyl (C=O) groups is 2. The van der Waals surface area contributed by atoms with Gasteiger partial charge in [-0.2, -0.15) is 5.26 Å². The number of hydrogen-bond donors (Lipinski definition) is 1. The molecule has 0 unspecified atom stereocenters. The minimum atomic E-state index is -0.271. The molecule has 7 heteroatoms. The van der Waals surface area contributed by atoms with Crippen LogP contribution < -0.4 is 5.32 Å². The molecule has 0 aliphatic carbocycles. The predicted molar refractivity (Wildman–Crippen MR) is 89.4 cm³/mol. The van der Waals surface area contributed by atoms with Gasteiger partial charge in [0.25, 0.3) is 0 Å². The molecule has 24 heavy (non-hydrogen) atoms. The van der Waals surface area contributed by atoms with Gasteiger partial charge in [0.15, 0.2) is 0 Å². The van der Waals surface area contributed by atoms with Crippen LogP contribution in [0, 0.1) is 11.3 Å². The Balaban J connectivity index is 1.71.